The average Bonchev–Trinajstić information content (AvgIpc) is 2.70. The second-order valence-corrected chi connectivity index (χ2v) is 7.91. The first kappa shape index (κ1) is 20.5. The Morgan fingerprint density at radius 2 is 1.68 bits per heavy atom. The van der Waals surface area contributed by atoms with E-state index in [1.165, 1.54) is 0 Å². The van der Waals surface area contributed by atoms with Gasteiger partial charge < -0.3 is 20.1 Å². The molecule has 0 saturated carbocycles. The van der Waals surface area contributed by atoms with Crippen LogP contribution in [0.3, 0.4) is 0 Å². The molecule has 0 unspecified atom stereocenters. The van der Waals surface area contributed by atoms with Crippen LogP contribution in [0.2, 0.25) is 5.02 Å². The minimum atomic E-state index is -0.0810. The zero-order valence-electron chi connectivity index (χ0n) is 16.6. The lowest BCUT2D eigenvalue weighted by Gasteiger charge is -2.25. The second-order valence-electron chi connectivity index (χ2n) is 7.47. The minimum absolute atomic E-state index is 0.00871. The monoisotopic (exact) mass is 403 g/mol. The van der Waals surface area contributed by atoms with Gasteiger partial charge in [0.2, 0.25) is 0 Å². The molecular weight excluding hydrogens is 376 g/mol. The molecule has 3 rings (SSSR count). The highest BCUT2D eigenvalue weighted by atomic mass is 35.5. The Balaban J connectivity index is 1.60. The van der Waals surface area contributed by atoms with Crippen molar-refractivity contribution in [2.75, 3.05) is 19.8 Å². The number of quaternary nitrogens is 1. The smallest absolute Gasteiger partial charge is 0.275 e. The molecule has 1 amide bonds. The Kier molecular flexibility index (Phi) is 6.81. The topological polar surface area (TPSA) is 64.2 Å². The molecular formula is C22H28ClN2O3+. The summed E-state index contributed by atoms with van der Waals surface area (Å²) in [6, 6.07) is 13.7. The molecule has 1 aliphatic rings. The van der Waals surface area contributed by atoms with Crippen LogP contribution in [0.1, 0.15) is 44.0 Å². The van der Waals surface area contributed by atoms with Crippen LogP contribution >= 0.6 is 11.6 Å². The Bertz CT molecular complexity index is 808. The van der Waals surface area contributed by atoms with Crippen LogP contribution in [0.25, 0.3) is 0 Å². The van der Waals surface area contributed by atoms with Gasteiger partial charge in [0.15, 0.2) is 18.0 Å². The van der Waals surface area contributed by atoms with Crippen LogP contribution in [0.4, 0.5) is 0 Å². The molecule has 150 valence electrons. The highest BCUT2D eigenvalue weighted by Gasteiger charge is 2.22. The second kappa shape index (κ2) is 9.30. The summed E-state index contributed by atoms with van der Waals surface area (Å²) in [6.45, 7) is 7.75. The predicted octanol–water partition coefficient (Wildman–Crippen LogP) is 3.25. The van der Waals surface area contributed by atoms with E-state index in [9.17, 15) is 4.79 Å². The summed E-state index contributed by atoms with van der Waals surface area (Å²) in [7, 11) is 0. The van der Waals surface area contributed by atoms with Crippen molar-refractivity contribution < 1.29 is 19.6 Å². The van der Waals surface area contributed by atoms with Crippen molar-refractivity contribution in [3.8, 4) is 11.5 Å². The van der Waals surface area contributed by atoms with E-state index in [4.69, 9.17) is 21.1 Å². The van der Waals surface area contributed by atoms with Crippen molar-refractivity contribution in [1.82, 2.24) is 5.32 Å². The van der Waals surface area contributed by atoms with Crippen molar-refractivity contribution >= 4 is 17.5 Å². The number of nitrogens with two attached hydrogens (primary N) is 1. The molecule has 2 aromatic rings. The summed E-state index contributed by atoms with van der Waals surface area (Å²) < 4.78 is 11.3. The Morgan fingerprint density at radius 3 is 2.36 bits per heavy atom. The first-order valence-electron chi connectivity index (χ1n) is 9.71. The Hall–Kier alpha value is -2.24. The van der Waals surface area contributed by atoms with Crippen molar-refractivity contribution in [3.63, 3.8) is 0 Å². The maximum atomic E-state index is 12.6. The number of benzene rings is 2. The fraction of sp³-hybridized carbons (Fsp3) is 0.409. The molecule has 0 aromatic heterocycles. The largest absolute Gasteiger partial charge is 0.486 e. The van der Waals surface area contributed by atoms with Gasteiger partial charge in [-0.2, -0.15) is 0 Å². The molecule has 3 N–H and O–H groups in total. The van der Waals surface area contributed by atoms with Gasteiger partial charge >= 0.3 is 0 Å². The number of ether oxygens (including phenoxy) is 2. The van der Waals surface area contributed by atoms with Crippen molar-refractivity contribution in [2.24, 2.45) is 5.92 Å². The van der Waals surface area contributed by atoms with Crippen LogP contribution in [0.5, 0.6) is 11.5 Å². The van der Waals surface area contributed by atoms with Gasteiger partial charge in [-0.15, -0.1) is 0 Å². The lowest BCUT2D eigenvalue weighted by molar-refractivity contribution is -0.682. The van der Waals surface area contributed by atoms with Gasteiger partial charge in [-0.3, -0.25) is 4.79 Å². The summed E-state index contributed by atoms with van der Waals surface area (Å²) in [5.41, 5.74) is 2.17. The van der Waals surface area contributed by atoms with Crippen LogP contribution in [0.15, 0.2) is 42.5 Å². The third-order valence-corrected chi connectivity index (χ3v) is 5.21. The van der Waals surface area contributed by atoms with E-state index in [-0.39, 0.29) is 23.9 Å². The molecule has 0 bridgehead atoms. The summed E-state index contributed by atoms with van der Waals surface area (Å²) >= 11 is 5.94. The quantitative estimate of drug-likeness (QED) is 0.745. The molecule has 28 heavy (non-hydrogen) atoms. The van der Waals surface area contributed by atoms with Crippen LogP contribution in [-0.2, 0) is 4.79 Å². The highest BCUT2D eigenvalue weighted by Crippen LogP contribution is 2.34. The third kappa shape index (κ3) is 5.18. The summed E-state index contributed by atoms with van der Waals surface area (Å²) in [5, 5.41) is 5.91. The molecule has 0 fully saturated rings. The van der Waals surface area contributed by atoms with E-state index >= 15 is 0 Å². The van der Waals surface area contributed by atoms with E-state index in [0.29, 0.717) is 24.8 Å². The number of rotatable bonds is 7. The molecule has 0 saturated heterocycles. The van der Waals surface area contributed by atoms with E-state index in [1.807, 2.05) is 47.8 Å². The molecule has 5 nitrogen and oxygen atoms in total. The molecule has 0 aliphatic carbocycles. The van der Waals surface area contributed by atoms with Crippen LogP contribution in [-0.4, -0.2) is 25.7 Å². The third-order valence-electron chi connectivity index (χ3n) is 4.96. The van der Waals surface area contributed by atoms with E-state index in [1.54, 1.807) is 0 Å². The predicted molar refractivity (Wildman–Crippen MR) is 110 cm³/mol. The maximum absolute atomic E-state index is 12.6. The number of fused-ring (bicyclic) bond motifs is 1. The normalized spacial score (nSPS) is 15.2. The van der Waals surface area contributed by atoms with Crippen molar-refractivity contribution in [2.45, 2.75) is 32.9 Å². The molecule has 1 aliphatic heterocycles. The van der Waals surface area contributed by atoms with Crippen molar-refractivity contribution in [1.29, 1.82) is 0 Å². The number of amides is 1. The number of halogens is 1. The fourth-order valence-electron chi connectivity index (χ4n) is 3.31. The average molecular weight is 404 g/mol. The van der Waals surface area contributed by atoms with Gasteiger partial charge in [-0.1, -0.05) is 43.6 Å². The minimum Gasteiger partial charge on any atom is -0.486 e. The van der Waals surface area contributed by atoms with Gasteiger partial charge in [0.1, 0.15) is 19.3 Å². The van der Waals surface area contributed by atoms with E-state index in [2.05, 4.69) is 26.1 Å². The Morgan fingerprint density at radius 1 is 1.04 bits per heavy atom. The molecule has 2 aromatic carbocycles. The molecule has 2 atom stereocenters. The molecule has 6 heteroatoms. The summed E-state index contributed by atoms with van der Waals surface area (Å²) in [4.78, 5) is 12.6. The van der Waals surface area contributed by atoms with E-state index in [0.717, 1.165) is 22.6 Å². The summed E-state index contributed by atoms with van der Waals surface area (Å²) in [6.07, 6.45) is 0. The van der Waals surface area contributed by atoms with Crippen molar-refractivity contribution in [3.05, 3.63) is 58.6 Å². The molecule has 0 radical (unpaired) electrons. The Labute approximate surface area is 171 Å². The van der Waals surface area contributed by atoms with Crippen LogP contribution in [0, 0.1) is 5.92 Å². The number of carbonyl (C=O) groups is 1. The number of nitrogens with one attached hydrogen (secondary N) is 1. The first-order valence-corrected chi connectivity index (χ1v) is 10.1. The van der Waals surface area contributed by atoms with E-state index < -0.39 is 0 Å². The van der Waals surface area contributed by atoms with Gasteiger partial charge in [0.05, 0.1) is 6.04 Å². The van der Waals surface area contributed by atoms with Gasteiger partial charge in [-0.05, 0) is 42.7 Å². The maximum Gasteiger partial charge on any atom is 0.275 e. The molecule has 1 heterocycles. The SMILES string of the molecule is CC(C)[C@@H](NC(=O)C[NH2+][C@@H](C)c1ccc(Cl)cc1)c1ccc2c(c1)OCCO2. The van der Waals surface area contributed by atoms with Gasteiger partial charge in [-0.25, -0.2) is 0 Å². The zero-order valence-corrected chi connectivity index (χ0v) is 17.3. The first-order chi connectivity index (χ1) is 13.4. The van der Waals surface area contributed by atoms with Gasteiger partial charge in [0, 0.05) is 10.6 Å². The molecule has 0 spiro atoms. The standard InChI is InChI=1S/C22H27ClN2O3/c1-14(2)22(17-6-9-19-20(12-17)28-11-10-27-19)25-21(26)13-24-15(3)16-4-7-18(23)8-5-16/h4-9,12,14-15,22,24H,10-11,13H2,1-3H3,(H,25,26)/p+1/t15-,22+/m0/s1. The van der Waals surface area contributed by atoms with Crippen LogP contribution < -0.4 is 20.1 Å². The number of hydrogen-bond donors (Lipinski definition) is 2. The number of hydrogen-bond acceptors (Lipinski definition) is 3. The highest BCUT2D eigenvalue weighted by molar-refractivity contribution is 6.30. The lowest BCUT2D eigenvalue weighted by atomic mass is 9.95. The lowest BCUT2D eigenvalue weighted by Crippen LogP contribution is -2.87. The summed E-state index contributed by atoms with van der Waals surface area (Å²) in [5.74, 6) is 1.76. The van der Waals surface area contributed by atoms with Gasteiger partial charge in [0.25, 0.3) is 5.91 Å². The fourth-order valence-corrected chi connectivity index (χ4v) is 3.43. The zero-order chi connectivity index (χ0) is 20.1. The number of carbonyl (C=O) groups excluding carboxylic acids is 1.